The fraction of sp³-hybridized carbons (Fsp3) is 0.132. The molecule has 0 amide bonds. The molecule has 0 atom stereocenters. The first-order valence-corrected chi connectivity index (χ1v) is 19.3. The molecule has 1 heterocycles. The Hall–Kier alpha value is -6.38. The molecule has 1 aromatic heterocycles. The highest BCUT2D eigenvalue weighted by molar-refractivity contribution is 6.10. The van der Waals surface area contributed by atoms with Gasteiger partial charge in [0.15, 0.2) is 0 Å². The second kappa shape index (κ2) is 12.3. The Balaban J connectivity index is 1.19. The molecular formula is C53H43NO. The maximum absolute atomic E-state index is 6.47. The molecule has 0 bridgehead atoms. The van der Waals surface area contributed by atoms with Crippen LogP contribution in [0.3, 0.4) is 0 Å². The summed E-state index contributed by atoms with van der Waals surface area (Å²) in [5.41, 5.74) is 16.6. The molecule has 0 spiro atoms. The van der Waals surface area contributed by atoms with Crippen LogP contribution in [0.15, 0.2) is 174 Å². The summed E-state index contributed by atoms with van der Waals surface area (Å²) in [6.45, 7) is 11.5. The molecule has 2 nitrogen and oxygen atoms in total. The van der Waals surface area contributed by atoms with Gasteiger partial charge in [0.2, 0.25) is 0 Å². The van der Waals surface area contributed by atoms with Crippen molar-refractivity contribution in [1.82, 2.24) is 0 Å². The van der Waals surface area contributed by atoms with Gasteiger partial charge in [-0.3, -0.25) is 0 Å². The average Bonchev–Trinajstić information content (AvgIpc) is 3.69. The maximum atomic E-state index is 6.47. The van der Waals surface area contributed by atoms with E-state index >= 15 is 0 Å². The number of para-hydroxylation sites is 1. The molecule has 0 radical (unpaired) electrons. The lowest BCUT2D eigenvalue weighted by atomic mass is 9.82. The predicted octanol–water partition coefficient (Wildman–Crippen LogP) is 15.1. The van der Waals surface area contributed by atoms with Crippen molar-refractivity contribution in [2.45, 2.75) is 45.4 Å². The number of furan rings is 1. The van der Waals surface area contributed by atoms with E-state index in [1.165, 1.54) is 55.3 Å². The lowest BCUT2D eigenvalue weighted by molar-refractivity contribution is 0.590. The molecule has 1 aliphatic rings. The number of rotatable bonds is 5. The van der Waals surface area contributed by atoms with E-state index in [9.17, 15) is 0 Å². The van der Waals surface area contributed by atoms with Crippen molar-refractivity contribution in [2.24, 2.45) is 0 Å². The van der Waals surface area contributed by atoms with Crippen LogP contribution in [0, 0.1) is 0 Å². The minimum Gasteiger partial charge on any atom is -0.456 e. The molecule has 266 valence electrons. The number of hydrogen-bond donors (Lipinski definition) is 0. The van der Waals surface area contributed by atoms with Gasteiger partial charge in [0.05, 0.1) is 5.69 Å². The predicted molar refractivity (Wildman–Crippen MR) is 233 cm³/mol. The highest BCUT2D eigenvalue weighted by Crippen LogP contribution is 2.52. The third kappa shape index (κ3) is 5.39. The Kier molecular flexibility index (Phi) is 7.44. The molecule has 0 N–H and O–H groups in total. The summed E-state index contributed by atoms with van der Waals surface area (Å²) in [5, 5.41) is 4.66. The third-order valence-electron chi connectivity index (χ3n) is 11.9. The summed E-state index contributed by atoms with van der Waals surface area (Å²) < 4.78 is 6.47. The largest absolute Gasteiger partial charge is 0.456 e. The number of fused-ring (bicyclic) bond motifs is 7. The Morgan fingerprint density at radius 2 is 1.09 bits per heavy atom. The van der Waals surface area contributed by atoms with Gasteiger partial charge in [-0.15, -0.1) is 0 Å². The molecule has 0 fully saturated rings. The average molecular weight is 710 g/mol. The zero-order valence-corrected chi connectivity index (χ0v) is 32.0. The molecule has 8 aromatic carbocycles. The van der Waals surface area contributed by atoms with E-state index in [0.717, 1.165) is 44.6 Å². The molecule has 0 saturated carbocycles. The Labute approximate surface area is 323 Å². The first kappa shape index (κ1) is 33.2. The summed E-state index contributed by atoms with van der Waals surface area (Å²) >= 11 is 0. The zero-order chi connectivity index (χ0) is 37.5. The fourth-order valence-corrected chi connectivity index (χ4v) is 8.87. The number of benzene rings is 8. The van der Waals surface area contributed by atoms with E-state index in [4.69, 9.17) is 4.42 Å². The van der Waals surface area contributed by atoms with Crippen LogP contribution >= 0.6 is 0 Å². The summed E-state index contributed by atoms with van der Waals surface area (Å²) in [5.74, 6) is 0. The van der Waals surface area contributed by atoms with Crippen LogP contribution in [0.5, 0.6) is 0 Å². The van der Waals surface area contributed by atoms with Crippen LogP contribution in [0.4, 0.5) is 17.1 Å². The van der Waals surface area contributed by atoms with Gasteiger partial charge < -0.3 is 9.32 Å². The van der Waals surface area contributed by atoms with Crippen molar-refractivity contribution in [3.05, 3.63) is 187 Å². The standard InChI is InChI=1S/C53H43NO/c1-52(2,3)38-24-18-34(19-25-38)35-20-26-39(27-21-35)54(40-28-30-47-45(33-40)42-14-8-10-16-46(42)53(47,4)5)48-31-23-36-12-6-7-13-41(36)51(48)37-22-29-44-43-15-9-11-17-49(43)55-50(44)32-37/h6-33H,1-5H3. The van der Waals surface area contributed by atoms with Crippen molar-refractivity contribution in [2.75, 3.05) is 4.90 Å². The second-order valence-electron chi connectivity index (χ2n) is 16.6. The Morgan fingerprint density at radius 1 is 0.473 bits per heavy atom. The first-order valence-electron chi connectivity index (χ1n) is 19.3. The van der Waals surface area contributed by atoms with E-state index in [-0.39, 0.29) is 10.8 Å². The highest BCUT2D eigenvalue weighted by Gasteiger charge is 2.35. The molecule has 0 unspecified atom stereocenters. The van der Waals surface area contributed by atoms with Crippen LogP contribution in [-0.4, -0.2) is 0 Å². The van der Waals surface area contributed by atoms with E-state index < -0.39 is 0 Å². The number of hydrogen-bond acceptors (Lipinski definition) is 2. The lowest BCUT2D eigenvalue weighted by Crippen LogP contribution is -2.15. The molecule has 55 heavy (non-hydrogen) atoms. The summed E-state index contributed by atoms with van der Waals surface area (Å²) in [6.07, 6.45) is 0. The van der Waals surface area contributed by atoms with Crippen molar-refractivity contribution in [1.29, 1.82) is 0 Å². The summed E-state index contributed by atoms with van der Waals surface area (Å²) in [6, 6.07) is 62.4. The van der Waals surface area contributed by atoms with Crippen molar-refractivity contribution >= 4 is 49.8 Å². The van der Waals surface area contributed by atoms with E-state index in [1.54, 1.807) is 0 Å². The van der Waals surface area contributed by atoms with Crippen molar-refractivity contribution in [3.8, 4) is 33.4 Å². The normalized spacial score (nSPS) is 13.3. The molecule has 0 aliphatic heterocycles. The van der Waals surface area contributed by atoms with Crippen LogP contribution in [0.1, 0.15) is 51.3 Å². The van der Waals surface area contributed by atoms with Gasteiger partial charge in [0.1, 0.15) is 11.2 Å². The molecule has 1 aliphatic carbocycles. The first-order chi connectivity index (χ1) is 26.6. The minimum atomic E-state index is -0.0738. The SMILES string of the molecule is CC(C)(C)c1ccc(-c2ccc(N(c3ccc4c(c3)-c3ccccc3C4(C)C)c3ccc4ccccc4c3-c3ccc4c(c3)oc3ccccc34)cc2)cc1. The molecule has 2 heteroatoms. The second-order valence-corrected chi connectivity index (χ2v) is 16.6. The maximum Gasteiger partial charge on any atom is 0.136 e. The van der Waals surface area contributed by atoms with Gasteiger partial charge >= 0.3 is 0 Å². The fourth-order valence-electron chi connectivity index (χ4n) is 8.87. The highest BCUT2D eigenvalue weighted by atomic mass is 16.3. The van der Waals surface area contributed by atoms with Gasteiger partial charge in [0.25, 0.3) is 0 Å². The van der Waals surface area contributed by atoms with Crippen LogP contribution < -0.4 is 4.90 Å². The van der Waals surface area contributed by atoms with E-state index in [2.05, 4.69) is 203 Å². The van der Waals surface area contributed by atoms with E-state index in [0.29, 0.717) is 0 Å². The van der Waals surface area contributed by atoms with Crippen molar-refractivity contribution < 1.29 is 4.42 Å². The molecular weight excluding hydrogens is 667 g/mol. The van der Waals surface area contributed by atoms with Gasteiger partial charge in [-0.05, 0) is 109 Å². The quantitative estimate of drug-likeness (QED) is 0.177. The third-order valence-corrected chi connectivity index (χ3v) is 11.9. The van der Waals surface area contributed by atoms with Gasteiger partial charge in [0, 0.05) is 33.1 Å². The van der Waals surface area contributed by atoms with Crippen LogP contribution in [-0.2, 0) is 10.8 Å². The van der Waals surface area contributed by atoms with Gasteiger partial charge in [-0.1, -0.05) is 156 Å². The lowest BCUT2D eigenvalue weighted by Gasteiger charge is -2.30. The van der Waals surface area contributed by atoms with Crippen molar-refractivity contribution in [3.63, 3.8) is 0 Å². The molecule has 9 aromatic rings. The Morgan fingerprint density at radius 3 is 1.87 bits per heavy atom. The van der Waals surface area contributed by atoms with Gasteiger partial charge in [-0.2, -0.15) is 0 Å². The minimum absolute atomic E-state index is 0.0738. The smallest absolute Gasteiger partial charge is 0.136 e. The van der Waals surface area contributed by atoms with Crippen LogP contribution in [0.2, 0.25) is 0 Å². The number of anilines is 3. The summed E-state index contributed by atoms with van der Waals surface area (Å²) in [7, 11) is 0. The van der Waals surface area contributed by atoms with Gasteiger partial charge in [-0.25, -0.2) is 0 Å². The zero-order valence-electron chi connectivity index (χ0n) is 32.0. The molecule has 0 saturated heterocycles. The topological polar surface area (TPSA) is 16.4 Å². The summed E-state index contributed by atoms with van der Waals surface area (Å²) in [4.78, 5) is 2.45. The Bertz CT molecular complexity index is 2920. The molecule has 10 rings (SSSR count). The monoisotopic (exact) mass is 709 g/mol. The van der Waals surface area contributed by atoms with Crippen LogP contribution in [0.25, 0.3) is 66.1 Å². The number of nitrogens with zero attached hydrogens (tertiary/aromatic N) is 1. The van der Waals surface area contributed by atoms with E-state index in [1.807, 2.05) is 6.07 Å².